The molecule has 80 valence electrons. The first-order chi connectivity index (χ1) is 7.20. The second-order valence-corrected chi connectivity index (χ2v) is 4.25. The van der Waals surface area contributed by atoms with E-state index in [1.807, 2.05) is 0 Å². The van der Waals surface area contributed by atoms with Crippen LogP contribution < -0.4 is 0 Å². The zero-order chi connectivity index (χ0) is 11.3. The summed E-state index contributed by atoms with van der Waals surface area (Å²) in [4.78, 5) is 11.9. The van der Waals surface area contributed by atoms with E-state index in [2.05, 4.69) is 11.3 Å². The van der Waals surface area contributed by atoms with Gasteiger partial charge >= 0.3 is 5.97 Å². The minimum atomic E-state index is -1.24. The van der Waals surface area contributed by atoms with Gasteiger partial charge in [0.25, 0.3) is 0 Å². The van der Waals surface area contributed by atoms with E-state index in [1.54, 1.807) is 30.3 Å². The quantitative estimate of drug-likeness (QED) is 0.578. The maximum Gasteiger partial charge on any atom is 0.339 e. The van der Waals surface area contributed by atoms with Gasteiger partial charge in [0.2, 0.25) is 0 Å². The number of methoxy groups -OCH3 is 1. The number of esters is 1. The number of hydrogen-bond donors (Lipinski definition) is 0. The van der Waals surface area contributed by atoms with Gasteiger partial charge in [0.15, 0.2) is 0 Å². The smallest absolute Gasteiger partial charge is 0.339 e. The Morgan fingerprint density at radius 2 is 2.20 bits per heavy atom. The molecular weight excluding hydrogens is 212 g/mol. The molecule has 1 atom stereocenters. The molecule has 4 heteroatoms. The highest BCUT2D eigenvalue weighted by atomic mass is 32.2. The highest BCUT2D eigenvalue weighted by Gasteiger charge is 2.14. The summed E-state index contributed by atoms with van der Waals surface area (Å²) in [6.07, 6.45) is 1.56. The van der Waals surface area contributed by atoms with Crippen molar-refractivity contribution in [3.05, 3.63) is 42.5 Å². The Morgan fingerprint density at radius 1 is 1.53 bits per heavy atom. The molecule has 0 fully saturated rings. The summed E-state index contributed by atoms with van der Waals surface area (Å²) in [5.41, 5.74) is 0.347. The molecule has 0 radical (unpaired) electrons. The number of carbonyl (C=O) groups excluding carboxylic acids is 1. The standard InChI is InChI=1S/C11H12O3S/c1-3-8-15(13)10-7-5-4-6-9(10)11(12)14-2/h3-7H,1,8H2,2H3/t15-/m0/s1. The minimum absolute atomic E-state index is 0.327. The summed E-state index contributed by atoms with van der Waals surface area (Å²) in [7, 11) is 0.0651. The first-order valence-corrected chi connectivity index (χ1v) is 5.69. The molecule has 0 aliphatic carbocycles. The van der Waals surface area contributed by atoms with Gasteiger partial charge in [-0.3, -0.25) is 4.21 Å². The van der Waals surface area contributed by atoms with Crippen molar-refractivity contribution >= 4 is 16.8 Å². The molecule has 0 saturated heterocycles. The molecule has 0 amide bonds. The van der Waals surface area contributed by atoms with Gasteiger partial charge in [-0.1, -0.05) is 18.2 Å². The number of ether oxygens (including phenoxy) is 1. The van der Waals surface area contributed by atoms with Crippen LogP contribution in [-0.4, -0.2) is 23.0 Å². The van der Waals surface area contributed by atoms with Crippen LogP contribution >= 0.6 is 0 Å². The van der Waals surface area contributed by atoms with Crippen molar-refractivity contribution in [1.29, 1.82) is 0 Å². The summed E-state index contributed by atoms with van der Waals surface area (Å²) in [6, 6.07) is 6.71. The van der Waals surface area contributed by atoms with Crippen LogP contribution in [0, 0.1) is 0 Å². The van der Waals surface area contributed by atoms with E-state index in [9.17, 15) is 9.00 Å². The molecule has 0 aromatic heterocycles. The summed E-state index contributed by atoms with van der Waals surface area (Å²) in [5, 5.41) is 0. The molecular formula is C11H12O3S. The molecule has 3 nitrogen and oxygen atoms in total. The number of benzene rings is 1. The third-order valence-electron chi connectivity index (χ3n) is 1.81. The third-order valence-corrected chi connectivity index (χ3v) is 3.19. The average molecular weight is 224 g/mol. The maximum absolute atomic E-state index is 11.7. The van der Waals surface area contributed by atoms with Gasteiger partial charge < -0.3 is 4.74 Å². The average Bonchev–Trinajstić information content (AvgIpc) is 2.28. The van der Waals surface area contributed by atoms with E-state index in [-0.39, 0.29) is 0 Å². The van der Waals surface area contributed by atoms with Crippen molar-refractivity contribution in [2.24, 2.45) is 0 Å². The molecule has 0 heterocycles. The van der Waals surface area contributed by atoms with Crippen molar-refractivity contribution < 1.29 is 13.7 Å². The largest absolute Gasteiger partial charge is 0.465 e. The van der Waals surface area contributed by atoms with Crippen LogP contribution in [0.1, 0.15) is 10.4 Å². The van der Waals surface area contributed by atoms with Crippen LogP contribution in [-0.2, 0) is 15.5 Å². The maximum atomic E-state index is 11.7. The summed E-state index contributed by atoms with van der Waals surface area (Å²) < 4.78 is 16.3. The topological polar surface area (TPSA) is 43.4 Å². The van der Waals surface area contributed by atoms with Crippen LogP contribution in [0.2, 0.25) is 0 Å². The fourth-order valence-electron chi connectivity index (χ4n) is 1.14. The lowest BCUT2D eigenvalue weighted by Gasteiger charge is -2.05. The Kier molecular flexibility index (Phi) is 4.24. The Morgan fingerprint density at radius 3 is 2.80 bits per heavy atom. The second-order valence-electron chi connectivity index (χ2n) is 2.79. The fourth-order valence-corrected chi connectivity index (χ4v) is 2.16. The molecule has 0 unspecified atom stereocenters. The Hall–Kier alpha value is -1.42. The molecule has 15 heavy (non-hydrogen) atoms. The van der Waals surface area contributed by atoms with Gasteiger partial charge in [0.05, 0.1) is 28.4 Å². The molecule has 1 aromatic rings. The fraction of sp³-hybridized carbons (Fsp3) is 0.182. The molecule has 0 aliphatic heterocycles. The molecule has 0 aliphatic rings. The molecule has 0 bridgehead atoms. The van der Waals surface area contributed by atoms with Crippen molar-refractivity contribution in [3.8, 4) is 0 Å². The number of carbonyl (C=O) groups is 1. The lowest BCUT2D eigenvalue weighted by atomic mass is 10.2. The van der Waals surface area contributed by atoms with E-state index in [0.29, 0.717) is 16.2 Å². The van der Waals surface area contributed by atoms with Crippen molar-refractivity contribution in [3.63, 3.8) is 0 Å². The molecule has 0 N–H and O–H groups in total. The van der Waals surface area contributed by atoms with Gasteiger partial charge in [-0.15, -0.1) is 6.58 Å². The Bertz CT molecular complexity index is 399. The Labute approximate surface area is 91.2 Å². The summed E-state index contributed by atoms with van der Waals surface area (Å²) >= 11 is 0. The lowest BCUT2D eigenvalue weighted by molar-refractivity contribution is 0.0596. The summed E-state index contributed by atoms with van der Waals surface area (Å²) in [5.74, 6) is -0.142. The van der Waals surface area contributed by atoms with Crippen molar-refractivity contribution in [2.75, 3.05) is 12.9 Å². The van der Waals surface area contributed by atoms with Crippen LogP contribution in [0.3, 0.4) is 0 Å². The first-order valence-electron chi connectivity index (χ1n) is 4.37. The highest BCUT2D eigenvalue weighted by molar-refractivity contribution is 7.85. The van der Waals surface area contributed by atoms with Gasteiger partial charge in [-0.2, -0.15) is 0 Å². The van der Waals surface area contributed by atoms with E-state index in [0.717, 1.165) is 0 Å². The second kappa shape index (κ2) is 5.46. The predicted octanol–water partition coefficient (Wildman–Crippen LogP) is 1.77. The Balaban J connectivity index is 3.11. The molecule has 0 saturated carbocycles. The van der Waals surface area contributed by atoms with Crippen LogP contribution in [0.4, 0.5) is 0 Å². The molecule has 1 aromatic carbocycles. The molecule has 1 rings (SSSR count). The van der Waals surface area contributed by atoms with E-state index >= 15 is 0 Å². The van der Waals surface area contributed by atoms with Crippen LogP contribution in [0.5, 0.6) is 0 Å². The van der Waals surface area contributed by atoms with Crippen molar-refractivity contribution in [2.45, 2.75) is 4.90 Å². The van der Waals surface area contributed by atoms with Gasteiger partial charge in [-0.05, 0) is 12.1 Å². The summed E-state index contributed by atoms with van der Waals surface area (Å²) in [6.45, 7) is 3.51. The van der Waals surface area contributed by atoms with E-state index in [4.69, 9.17) is 0 Å². The number of hydrogen-bond acceptors (Lipinski definition) is 3. The zero-order valence-electron chi connectivity index (χ0n) is 8.43. The zero-order valence-corrected chi connectivity index (χ0v) is 9.25. The highest BCUT2D eigenvalue weighted by Crippen LogP contribution is 2.14. The molecule has 0 spiro atoms. The SMILES string of the molecule is C=CC[S@](=O)c1ccccc1C(=O)OC. The van der Waals surface area contributed by atoms with E-state index < -0.39 is 16.8 Å². The van der Waals surface area contributed by atoms with Crippen LogP contribution in [0.15, 0.2) is 41.8 Å². The predicted molar refractivity (Wildman–Crippen MR) is 59.3 cm³/mol. The lowest BCUT2D eigenvalue weighted by Crippen LogP contribution is -2.07. The van der Waals surface area contributed by atoms with Gasteiger partial charge in [-0.25, -0.2) is 4.79 Å². The van der Waals surface area contributed by atoms with Gasteiger partial charge in [0.1, 0.15) is 0 Å². The van der Waals surface area contributed by atoms with Crippen molar-refractivity contribution in [1.82, 2.24) is 0 Å². The third kappa shape index (κ3) is 2.76. The van der Waals surface area contributed by atoms with E-state index in [1.165, 1.54) is 7.11 Å². The van der Waals surface area contributed by atoms with Crippen LogP contribution in [0.25, 0.3) is 0 Å². The van der Waals surface area contributed by atoms with Gasteiger partial charge in [0, 0.05) is 5.75 Å². The normalized spacial score (nSPS) is 11.8. The number of rotatable bonds is 4. The monoisotopic (exact) mass is 224 g/mol. The minimum Gasteiger partial charge on any atom is -0.465 e. The first kappa shape index (κ1) is 11.7.